The van der Waals surface area contributed by atoms with Gasteiger partial charge in [0.25, 0.3) is 0 Å². The molecule has 4 heteroatoms. The summed E-state index contributed by atoms with van der Waals surface area (Å²) >= 11 is 0. The lowest BCUT2D eigenvalue weighted by molar-refractivity contribution is 0.660. The molecule has 0 unspecified atom stereocenters. The second-order valence-corrected chi connectivity index (χ2v) is 35.0. The van der Waals surface area contributed by atoms with Crippen LogP contribution in [0.2, 0.25) is 0 Å². The molecule has 21 aromatic carbocycles. The minimum atomic E-state index is -0.139. The SMILES string of the molecule is CC1(C)c2ccccc2-c2ccc(-c3c4ccccc4c(-c4ccc5c(c4)C(C)(C)c4ccccc4-5)c4cc(N(c5ccccc5)c5ccc6c(c5)c5ccccc5n6-c5ccccc5)ccc34)cc21.c1ccc(-c2c3ccccc3c(-c3ccccc3)c3cc(N(c4ccccc4)c4ccc(-c5ccc(N(c6ccccc6)c6ccccc6)cc5)cc4)ccc23)cc1. The van der Waals surface area contributed by atoms with Crippen LogP contribution in [-0.2, 0) is 10.8 Å². The number of nitrogens with zero attached hydrogens (tertiary/aromatic N) is 4. The summed E-state index contributed by atoms with van der Waals surface area (Å²) in [4.78, 5) is 7.11. The number of hydrogen-bond acceptors (Lipinski definition) is 3. The van der Waals surface area contributed by atoms with E-state index in [0.29, 0.717) is 0 Å². The summed E-state index contributed by atoms with van der Waals surface area (Å²) in [6.07, 6.45) is 0. The number of benzene rings is 21. The van der Waals surface area contributed by atoms with Gasteiger partial charge in [-0.1, -0.05) is 355 Å². The highest BCUT2D eigenvalue weighted by atomic mass is 15.2. The first-order valence-corrected chi connectivity index (χ1v) is 44.5. The van der Waals surface area contributed by atoms with Crippen molar-refractivity contribution in [3.8, 4) is 83.6 Å². The fourth-order valence-electron chi connectivity index (χ4n) is 21.0. The van der Waals surface area contributed by atoms with Crippen molar-refractivity contribution >= 4 is 116 Å². The molecule has 0 fully saturated rings. The average Bonchev–Trinajstić information content (AvgIpc) is 1.48. The summed E-state index contributed by atoms with van der Waals surface area (Å²) in [5.74, 6) is 0. The number of para-hydroxylation sites is 6. The van der Waals surface area contributed by atoms with Crippen LogP contribution >= 0.6 is 0 Å². The second-order valence-electron chi connectivity index (χ2n) is 35.0. The van der Waals surface area contributed by atoms with E-state index < -0.39 is 0 Å². The van der Waals surface area contributed by atoms with E-state index in [1.807, 2.05) is 0 Å². The van der Waals surface area contributed by atoms with Gasteiger partial charge in [0, 0.05) is 78.5 Å². The van der Waals surface area contributed by atoms with Gasteiger partial charge in [0.2, 0.25) is 0 Å². The quantitative estimate of drug-likeness (QED) is 0.0951. The van der Waals surface area contributed by atoms with E-state index in [1.54, 1.807) is 0 Å². The lowest BCUT2D eigenvalue weighted by atomic mass is 9.79. The zero-order chi connectivity index (χ0) is 85.6. The van der Waals surface area contributed by atoms with Crippen molar-refractivity contribution in [2.24, 2.45) is 0 Å². The van der Waals surface area contributed by atoms with Gasteiger partial charge >= 0.3 is 0 Å². The largest absolute Gasteiger partial charge is 0.311 e. The Hall–Kier alpha value is -16.1. The molecular weight excluding hydrogens is 1550 g/mol. The van der Waals surface area contributed by atoms with Crippen LogP contribution < -0.4 is 14.7 Å². The van der Waals surface area contributed by atoms with Crippen LogP contribution in [-0.4, -0.2) is 4.57 Å². The molecule has 128 heavy (non-hydrogen) atoms. The molecule has 1 aromatic heterocycles. The Kier molecular flexibility index (Phi) is 18.9. The van der Waals surface area contributed by atoms with Crippen molar-refractivity contribution in [2.75, 3.05) is 14.7 Å². The Balaban J connectivity index is 0.000000149. The van der Waals surface area contributed by atoms with Crippen molar-refractivity contribution in [3.63, 3.8) is 0 Å². The Labute approximate surface area is 747 Å². The summed E-state index contributed by atoms with van der Waals surface area (Å²) in [5, 5.41) is 12.4. The topological polar surface area (TPSA) is 14.7 Å². The smallest absolute Gasteiger partial charge is 0.0542 e. The standard InChI is InChI=1S/C68H50N2.C56H40N2/c1-67(2)59-28-16-13-23-49(59)51-35-31-43(39-61(51)67)65-54-26-11-12-27-55(54)66(44-32-36-52-50-24-14-17-29-60(50)68(3,4)62(52)40-44)58-42-47(33-37-56(58)65)69(45-19-7-5-8-20-45)48-34-38-64-57(41-48)53-25-15-18-30-63(53)70(64)46-21-9-6-10-22-46;1-6-18-43(19-7-1)55-51-28-16-17-29-52(51)56(44-20-8-2-9-21-44)54-40-50(38-39-53(54)55)58(47-26-14-5-15-27-47)49-36-32-42(33-37-49)41-30-34-48(35-31-41)57(45-22-10-3-11-23-45)46-24-12-4-13-25-46/h5-42H,1-4H3;1-40H. The highest BCUT2D eigenvalue weighted by Crippen LogP contribution is 2.56. The predicted octanol–water partition coefficient (Wildman–Crippen LogP) is 34.4. The third kappa shape index (κ3) is 13.0. The van der Waals surface area contributed by atoms with Crippen LogP contribution in [0.4, 0.5) is 51.2 Å². The number of hydrogen-bond donors (Lipinski definition) is 0. The van der Waals surface area contributed by atoms with Gasteiger partial charge in [-0.25, -0.2) is 0 Å². The highest BCUT2D eigenvalue weighted by molar-refractivity contribution is 6.24. The number of anilines is 9. The van der Waals surface area contributed by atoms with E-state index in [0.717, 1.165) is 62.4 Å². The minimum Gasteiger partial charge on any atom is -0.311 e. The molecule has 2 aliphatic carbocycles. The van der Waals surface area contributed by atoms with Crippen LogP contribution in [0.15, 0.2) is 473 Å². The van der Waals surface area contributed by atoms with Gasteiger partial charge in [-0.15, -0.1) is 0 Å². The Bertz CT molecular complexity index is 7960. The zero-order valence-electron chi connectivity index (χ0n) is 71.8. The molecule has 24 rings (SSSR count). The van der Waals surface area contributed by atoms with Crippen molar-refractivity contribution < 1.29 is 0 Å². The van der Waals surface area contributed by atoms with Crippen LogP contribution in [0, 0.1) is 0 Å². The van der Waals surface area contributed by atoms with Crippen molar-refractivity contribution in [1.82, 2.24) is 4.57 Å². The lowest BCUT2D eigenvalue weighted by Gasteiger charge is -2.27. The molecule has 0 aliphatic heterocycles. The molecule has 0 radical (unpaired) electrons. The highest BCUT2D eigenvalue weighted by Gasteiger charge is 2.38. The maximum Gasteiger partial charge on any atom is 0.0542 e. The van der Waals surface area contributed by atoms with E-state index in [1.165, 1.54) is 159 Å². The van der Waals surface area contributed by atoms with E-state index in [-0.39, 0.29) is 10.8 Å². The Morgan fingerprint density at radius 2 is 0.430 bits per heavy atom. The molecule has 22 aromatic rings. The number of aromatic nitrogens is 1. The third-order valence-corrected chi connectivity index (χ3v) is 27.0. The fraction of sp³-hybridized carbons (Fsp3) is 0.0484. The van der Waals surface area contributed by atoms with Crippen LogP contribution in [0.3, 0.4) is 0 Å². The molecule has 0 bridgehead atoms. The zero-order valence-corrected chi connectivity index (χ0v) is 71.8. The van der Waals surface area contributed by atoms with E-state index in [9.17, 15) is 0 Å². The maximum absolute atomic E-state index is 2.50. The van der Waals surface area contributed by atoms with Gasteiger partial charge < -0.3 is 19.3 Å². The molecule has 0 N–H and O–H groups in total. The van der Waals surface area contributed by atoms with E-state index in [4.69, 9.17) is 0 Å². The molecule has 0 saturated carbocycles. The monoisotopic (exact) mass is 1630 g/mol. The van der Waals surface area contributed by atoms with Gasteiger partial charge in [0.15, 0.2) is 0 Å². The van der Waals surface area contributed by atoms with Gasteiger partial charge in [0.05, 0.1) is 11.0 Å². The van der Waals surface area contributed by atoms with E-state index in [2.05, 4.69) is 520 Å². The summed E-state index contributed by atoms with van der Waals surface area (Å²) in [6.45, 7) is 9.54. The molecular formula is C124H90N4. The number of fused-ring (bicyclic) bond motifs is 13. The molecule has 2 aliphatic rings. The Morgan fingerprint density at radius 3 is 0.852 bits per heavy atom. The van der Waals surface area contributed by atoms with Crippen LogP contribution in [0.5, 0.6) is 0 Å². The predicted molar refractivity (Wildman–Crippen MR) is 544 cm³/mol. The first kappa shape index (κ1) is 76.7. The molecule has 0 spiro atoms. The molecule has 4 nitrogen and oxygen atoms in total. The van der Waals surface area contributed by atoms with Crippen LogP contribution in [0.25, 0.3) is 148 Å². The fourth-order valence-corrected chi connectivity index (χ4v) is 21.0. The number of rotatable bonds is 15. The average molecular weight is 1640 g/mol. The first-order valence-electron chi connectivity index (χ1n) is 44.5. The summed E-state index contributed by atoms with van der Waals surface area (Å²) in [6, 6.07) is 173. The van der Waals surface area contributed by atoms with E-state index >= 15 is 0 Å². The Morgan fingerprint density at radius 1 is 0.164 bits per heavy atom. The van der Waals surface area contributed by atoms with Crippen molar-refractivity contribution in [3.05, 3.63) is 495 Å². The van der Waals surface area contributed by atoms with Crippen molar-refractivity contribution in [1.29, 1.82) is 0 Å². The van der Waals surface area contributed by atoms with Crippen LogP contribution in [0.1, 0.15) is 49.9 Å². The van der Waals surface area contributed by atoms with Gasteiger partial charge in [-0.05, 0) is 289 Å². The molecule has 0 amide bonds. The van der Waals surface area contributed by atoms with Gasteiger partial charge in [-0.2, -0.15) is 0 Å². The molecule has 0 saturated heterocycles. The summed E-state index contributed by atoms with van der Waals surface area (Å²) < 4.78 is 2.39. The van der Waals surface area contributed by atoms with Gasteiger partial charge in [0.1, 0.15) is 0 Å². The van der Waals surface area contributed by atoms with Gasteiger partial charge in [-0.3, -0.25) is 0 Å². The summed E-state index contributed by atoms with van der Waals surface area (Å²) in [5.41, 5.74) is 36.4. The molecule has 606 valence electrons. The molecule has 1 heterocycles. The second kappa shape index (κ2) is 31.6. The lowest BCUT2D eigenvalue weighted by Crippen LogP contribution is -2.15. The maximum atomic E-state index is 2.50. The molecule has 0 atom stereocenters. The third-order valence-electron chi connectivity index (χ3n) is 27.0. The van der Waals surface area contributed by atoms with Crippen molar-refractivity contribution in [2.45, 2.75) is 38.5 Å². The summed E-state index contributed by atoms with van der Waals surface area (Å²) in [7, 11) is 0. The normalized spacial score (nSPS) is 12.7. The first-order chi connectivity index (χ1) is 63.1. The minimum absolute atomic E-state index is 0.125.